The van der Waals surface area contributed by atoms with E-state index < -0.39 is 162 Å². The van der Waals surface area contributed by atoms with Crippen LogP contribution in [0.25, 0.3) is 0 Å². The Morgan fingerprint density at radius 1 is 0.587 bits per heavy atom. The Hall–Kier alpha value is -6.34. The van der Waals surface area contributed by atoms with E-state index in [1.165, 1.54) is 76.6 Å². The van der Waals surface area contributed by atoms with Crippen LogP contribution in [0, 0.1) is 29.6 Å². The maximum atomic E-state index is 15.8. The predicted molar refractivity (Wildman–Crippen MR) is 397 cm³/mol. The number of rotatable bonds is 11. The van der Waals surface area contributed by atoms with Crippen molar-refractivity contribution in [3.8, 4) is 0 Å². The Kier molecular flexibility index (Phi) is 30.8. The summed E-state index contributed by atoms with van der Waals surface area (Å²) in [6, 6.07) is -9.49. The molecule has 11 aliphatic rings. The molecule has 27 heteroatoms. The summed E-state index contributed by atoms with van der Waals surface area (Å²) < 4.78 is 6.16. The Balaban J connectivity index is 1.24. The molecule has 3 unspecified atom stereocenters. The lowest BCUT2D eigenvalue weighted by Crippen LogP contribution is -2.68. The second-order valence-electron chi connectivity index (χ2n) is 31.4. The van der Waals surface area contributed by atoms with E-state index in [2.05, 4.69) is 28.1 Å². The van der Waals surface area contributed by atoms with Gasteiger partial charge in [-0.25, -0.2) is 0 Å². The summed E-state index contributed by atoms with van der Waals surface area (Å²) in [7, 11) is 8.96. The molecule has 3 aliphatic carbocycles. The number of likely N-dealkylation sites (tertiary alicyclic amines) is 1. The standard InChI is InChI=1S/C77H122Cl2N12O13/c1-12-49(5)66-74(101)84(7)48-65(94)86(9)59-28-21-18-22-41-90(73(59)100)62-43-52-31-29-50(30-32-52)26-19-16-17-20-27-58(68(95)81-66)85(8)64(93)45-61(72(99)89-39-23-24-40-89)87(10)75(102)67(53(13-2)14-3)88(11)76(103)77(37-25-38-77)82-69(96)60-44-54(104-15-4)46-91(60)70(97)57(80-63(92)47-83(6)71(62)98)36-34-51-33-35-55(78)56(79)42-51/h18-19,21,26,49-62,66-67H,12-17,20,22-25,27-48H2,1-11H3,(H,80,92)(H,81,95)(H,82,96)/b21-18-,26-19+/t49-,50?,51?,52?,54+,55?,56?,57-,58-,59-,60-,61-,62-,66-,67-/m0/s1. The van der Waals surface area contributed by atoms with Gasteiger partial charge in [0.25, 0.3) is 0 Å². The molecule has 6 bridgehead atoms. The van der Waals surface area contributed by atoms with Crippen molar-refractivity contribution in [1.82, 2.24) is 60.0 Å². The van der Waals surface area contributed by atoms with Crippen LogP contribution in [0.5, 0.6) is 0 Å². The maximum Gasteiger partial charge on any atom is 0.248 e. The second-order valence-corrected chi connectivity index (χ2v) is 32.5. The quantitative estimate of drug-likeness (QED) is 0.149. The van der Waals surface area contributed by atoms with Crippen LogP contribution in [-0.4, -0.2) is 274 Å². The van der Waals surface area contributed by atoms with Gasteiger partial charge in [-0.3, -0.25) is 57.5 Å². The molecule has 1 spiro atoms. The van der Waals surface area contributed by atoms with Crippen molar-refractivity contribution < 1.29 is 62.3 Å². The van der Waals surface area contributed by atoms with Gasteiger partial charge in [0, 0.05) is 86.9 Å². The normalized spacial score (nSPS) is 32.7. The Morgan fingerprint density at radius 3 is 1.91 bits per heavy atom. The van der Waals surface area contributed by atoms with Crippen LogP contribution >= 0.6 is 23.2 Å². The fourth-order valence-corrected chi connectivity index (χ4v) is 17.8. The number of halogens is 2. The molecule has 0 aromatic heterocycles. The highest BCUT2D eigenvalue weighted by Gasteiger charge is 2.54. The first-order valence-electron chi connectivity index (χ1n) is 39.2. The largest absolute Gasteiger partial charge is 0.377 e. The van der Waals surface area contributed by atoms with Crippen LogP contribution in [0.15, 0.2) is 24.3 Å². The third kappa shape index (κ3) is 20.3. The minimum atomic E-state index is -1.52. The van der Waals surface area contributed by atoms with E-state index in [9.17, 15) is 14.4 Å². The summed E-state index contributed by atoms with van der Waals surface area (Å²) in [4.78, 5) is 196. The molecule has 0 aromatic rings. The average Bonchev–Trinajstić information content (AvgIpc) is 1.11. The van der Waals surface area contributed by atoms with Crippen molar-refractivity contribution in [1.29, 1.82) is 0 Å². The fourth-order valence-electron chi connectivity index (χ4n) is 17.2. The van der Waals surface area contributed by atoms with Gasteiger partial charge in [0.1, 0.15) is 53.9 Å². The van der Waals surface area contributed by atoms with Crippen molar-refractivity contribution in [3.63, 3.8) is 0 Å². The molecule has 6 fully saturated rings. The fraction of sp³-hybridized carbons (Fsp3) is 0.792. The van der Waals surface area contributed by atoms with Gasteiger partial charge in [-0.1, -0.05) is 77.7 Å². The first-order chi connectivity index (χ1) is 49.6. The Bertz CT molecular complexity index is 3100. The van der Waals surface area contributed by atoms with E-state index in [0.717, 1.165) is 32.1 Å². The van der Waals surface area contributed by atoms with E-state index in [-0.39, 0.29) is 93.2 Å². The van der Waals surface area contributed by atoms with Crippen LogP contribution < -0.4 is 16.0 Å². The number of amides is 12. The van der Waals surface area contributed by atoms with E-state index >= 15 is 43.2 Å². The first-order valence-corrected chi connectivity index (χ1v) is 40.0. The number of carbonyl (C=O) groups is 12. The van der Waals surface area contributed by atoms with Crippen LogP contribution in [-0.2, 0) is 62.3 Å². The van der Waals surface area contributed by atoms with E-state index in [1.54, 1.807) is 9.80 Å². The minimum Gasteiger partial charge on any atom is -0.377 e. The summed E-state index contributed by atoms with van der Waals surface area (Å²) in [6.45, 7) is 9.46. The minimum absolute atomic E-state index is 0.00892. The molecule has 13 atom stereocenters. The van der Waals surface area contributed by atoms with Gasteiger partial charge >= 0.3 is 0 Å². The van der Waals surface area contributed by atoms with Gasteiger partial charge in [-0.05, 0) is 165 Å². The van der Waals surface area contributed by atoms with E-state index in [4.69, 9.17) is 27.9 Å². The molecule has 25 nitrogen and oxygen atoms in total. The number of hydrogen-bond acceptors (Lipinski definition) is 13. The Labute approximate surface area is 627 Å². The van der Waals surface area contributed by atoms with Crippen molar-refractivity contribution in [3.05, 3.63) is 24.3 Å². The maximum absolute atomic E-state index is 15.8. The zero-order chi connectivity index (χ0) is 75.9. The predicted octanol–water partition coefficient (Wildman–Crippen LogP) is 6.40. The van der Waals surface area contributed by atoms with Gasteiger partial charge < -0.3 is 64.8 Å². The molecular weight excluding hydrogens is 1370 g/mol. The summed E-state index contributed by atoms with van der Waals surface area (Å²) in [5.74, 6) is -7.51. The van der Waals surface area contributed by atoms with Crippen molar-refractivity contribution in [2.75, 3.05) is 88.2 Å². The molecule has 12 amide bonds. The van der Waals surface area contributed by atoms with Crippen LogP contribution in [0.2, 0.25) is 0 Å². The molecule has 3 saturated carbocycles. The monoisotopic (exact) mass is 1490 g/mol. The highest BCUT2D eigenvalue weighted by molar-refractivity contribution is 6.30. The van der Waals surface area contributed by atoms with Crippen molar-refractivity contribution in [2.24, 2.45) is 29.6 Å². The molecule has 582 valence electrons. The van der Waals surface area contributed by atoms with Crippen LogP contribution in [0.1, 0.15) is 202 Å². The SMILES string of the molecule is CCO[C@@H]1C[C@H]2C(=O)NC3(CCC3)C(=O)N(C)[C@@H](C(CC)CC)C(=O)N(C)[C@H](C(=O)N3CCCC3)CC(=O)N(C)[C@H]3CCCC/C=C/C4CCC(CC4)C[C@@H](C(=O)N(C)CC(=O)N[C@@H](CCC4CCC(Cl)C(Cl)C4)C(=O)N2C1)N1CC/C=C\C[C@@H](C1=O)N(C)C(=O)CN(C)C(=O)[C@H]([C@@H](C)CC)NC3=O. The summed E-state index contributed by atoms with van der Waals surface area (Å²) in [5, 5.41) is 8.58. The van der Waals surface area contributed by atoms with E-state index in [1.807, 2.05) is 46.8 Å². The van der Waals surface area contributed by atoms with Gasteiger partial charge in [0.05, 0.1) is 31.0 Å². The lowest BCUT2D eigenvalue weighted by atomic mass is 9.74. The molecule has 8 aliphatic heterocycles. The lowest BCUT2D eigenvalue weighted by molar-refractivity contribution is -0.158. The summed E-state index contributed by atoms with van der Waals surface area (Å²) >= 11 is 13.4. The lowest BCUT2D eigenvalue weighted by Gasteiger charge is -2.47. The number of hydrogen-bond donors (Lipinski definition) is 3. The molecule has 104 heavy (non-hydrogen) atoms. The third-order valence-electron chi connectivity index (χ3n) is 24.5. The smallest absolute Gasteiger partial charge is 0.248 e. The third-order valence-corrected chi connectivity index (χ3v) is 25.6. The average molecular weight is 1490 g/mol. The van der Waals surface area contributed by atoms with Crippen LogP contribution in [0.4, 0.5) is 0 Å². The van der Waals surface area contributed by atoms with E-state index in [0.29, 0.717) is 96.6 Å². The Morgan fingerprint density at radius 2 is 1.27 bits per heavy atom. The molecule has 3 saturated heterocycles. The van der Waals surface area contributed by atoms with Crippen LogP contribution in [0.3, 0.4) is 0 Å². The molecule has 8 heterocycles. The van der Waals surface area contributed by atoms with Gasteiger partial charge in [-0.2, -0.15) is 0 Å². The highest BCUT2D eigenvalue weighted by atomic mass is 35.5. The molecule has 0 aromatic carbocycles. The number of alkyl halides is 2. The zero-order valence-corrected chi connectivity index (χ0v) is 65.5. The zero-order valence-electron chi connectivity index (χ0n) is 64.0. The first kappa shape index (κ1) is 83.3. The number of carbonyl (C=O) groups excluding carboxylic acids is 12. The van der Waals surface area contributed by atoms with Gasteiger partial charge in [-0.15, -0.1) is 23.2 Å². The topological polar surface area (TPSA) is 279 Å². The molecule has 3 N–H and O–H groups in total. The molecule has 11 rings (SSSR count). The number of likely N-dealkylation sites (N-methyl/N-ethyl adjacent to an activating group) is 6. The second kappa shape index (κ2) is 38.5. The number of ether oxygens (including phenoxy) is 1. The van der Waals surface area contributed by atoms with Gasteiger partial charge in [0.15, 0.2) is 0 Å². The number of allylic oxidation sites excluding steroid dienone is 2. The number of nitrogens with one attached hydrogen (secondary N) is 3. The molecule has 0 radical (unpaired) electrons. The van der Waals surface area contributed by atoms with Gasteiger partial charge in [0.2, 0.25) is 70.9 Å². The van der Waals surface area contributed by atoms with Crippen molar-refractivity contribution in [2.45, 2.75) is 272 Å². The number of nitrogens with zero attached hydrogens (tertiary/aromatic N) is 9. The molecular formula is C77H122Cl2N12O13. The summed E-state index contributed by atoms with van der Waals surface area (Å²) in [5.41, 5.74) is -1.52. The highest BCUT2D eigenvalue weighted by Crippen LogP contribution is 2.39. The summed E-state index contributed by atoms with van der Waals surface area (Å²) in [6.07, 6.45) is 19.1. The van der Waals surface area contributed by atoms with Crippen molar-refractivity contribution >= 4 is 94.1 Å².